The topological polar surface area (TPSA) is 41.5 Å². The first-order valence-corrected chi connectivity index (χ1v) is 8.13. The molecule has 3 heteroatoms. The van der Waals surface area contributed by atoms with E-state index in [1.165, 1.54) is 11.1 Å². The van der Waals surface area contributed by atoms with Crippen molar-refractivity contribution in [3.63, 3.8) is 0 Å². The van der Waals surface area contributed by atoms with Gasteiger partial charge >= 0.3 is 0 Å². The summed E-state index contributed by atoms with van der Waals surface area (Å²) in [5.41, 5.74) is 2.35. The van der Waals surface area contributed by atoms with Gasteiger partial charge in [-0.2, -0.15) is 0 Å². The molecule has 1 aromatic carbocycles. The van der Waals surface area contributed by atoms with Gasteiger partial charge in [0.05, 0.1) is 6.61 Å². The molecule has 2 unspecified atom stereocenters. The minimum atomic E-state index is -0.152. The van der Waals surface area contributed by atoms with Gasteiger partial charge in [-0.15, -0.1) is 0 Å². The fourth-order valence-electron chi connectivity index (χ4n) is 3.31. The molecule has 1 aromatic rings. The highest BCUT2D eigenvalue weighted by atomic mass is 16.5. The lowest BCUT2D eigenvalue weighted by Crippen LogP contribution is -2.46. The van der Waals surface area contributed by atoms with Crippen LogP contribution in [0.4, 0.5) is 0 Å². The van der Waals surface area contributed by atoms with Gasteiger partial charge in [0.2, 0.25) is 0 Å². The number of aryl methyl sites for hydroxylation is 1. The molecule has 0 saturated heterocycles. The fourth-order valence-corrected chi connectivity index (χ4v) is 3.31. The van der Waals surface area contributed by atoms with E-state index in [4.69, 9.17) is 4.74 Å². The van der Waals surface area contributed by atoms with Crippen LogP contribution in [0.1, 0.15) is 57.1 Å². The van der Waals surface area contributed by atoms with Crippen molar-refractivity contribution in [1.82, 2.24) is 5.32 Å². The molecule has 0 spiro atoms. The lowest BCUT2D eigenvalue weighted by Gasteiger charge is -2.28. The van der Waals surface area contributed by atoms with Gasteiger partial charge in [0, 0.05) is 12.0 Å². The lowest BCUT2D eigenvalue weighted by atomic mass is 9.98. The Kier molecular flexibility index (Phi) is 5.28. The number of rotatable bonds is 6. The van der Waals surface area contributed by atoms with E-state index in [2.05, 4.69) is 51.2 Å². The Morgan fingerprint density at radius 2 is 2.19 bits per heavy atom. The summed E-state index contributed by atoms with van der Waals surface area (Å²) >= 11 is 0. The van der Waals surface area contributed by atoms with Crippen LogP contribution in [0.15, 0.2) is 18.2 Å². The van der Waals surface area contributed by atoms with Gasteiger partial charge in [-0.25, -0.2) is 0 Å². The molecule has 0 amide bonds. The highest BCUT2D eigenvalue weighted by Gasteiger charge is 2.39. The van der Waals surface area contributed by atoms with Gasteiger partial charge < -0.3 is 15.2 Å². The highest BCUT2D eigenvalue weighted by molar-refractivity contribution is 5.39. The van der Waals surface area contributed by atoms with Crippen LogP contribution in [-0.4, -0.2) is 29.9 Å². The first kappa shape index (κ1) is 16.3. The zero-order chi connectivity index (χ0) is 15.5. The zero-order valence-corrected chi connectivity index (χ0v) is 13.8. The number of aliphatic hydroxyl groups excluding tert-OH is 1. The summed E-state index contributed by atoms with van der Waals surface area (Å²) in [5, 5.41) is 13.1. The highest BCUT2D eigenvalue weighted by Crippen LogP contribution is 2.35. The van der Waals surface area contributed by atoms with E-state index in [1.807, 2.05) is 0 Å². The van der Waals surface area contributed by atoms with Gasteiger partial charge in [-0.1, -0.05) is 32.9 Å². The van der Waals surface area contributed by atoms with Crippen LogP contribution >= 0.6 is 0 Å². The average molecular weight is 291 g/mol. The Morgan fingerprint density at radius 1 is 1.43 bits per heavy atom. The van der Waals surface area contributed by atoms with Gasteiger partial charge in [0.1, 0.15) is 11.9 Å². The van der Waals surface area contributed by atoms with Crippen molar-refractivity contribution in [3.05, 3.63) is 29.3 Å². The molecule has 1 saturated carbocycles. The molecule has 0 radical (unpaired) electrons. The summed E-state index contributed by atoms with van der Waals surface area (Å²) in [7, 11) is 0. The summed E-state index contributed by atoms with van der Waals surface area (Å²) < 4.78 is 6.30. The summed E-state index contributed by atoms with van der Waals surface area (Å²) in [6, 6.07) is 6.46. The minimum absolute atomic E-state index is 0.152. The van der Waals surface area contributed by atoms with Crippen LogP contribution < -0.4 is 10.1 Å². The van der Waals surface area contributed by atoms with Crippen molar-refractivity contribution in [1.29, 1.82) is 0 Å². The molecule has 2 atom stereocenters. The molecule has 21 heavy (non-hydrogen) atoms. The number of aliphatic hydroxyl groups is 1. The number of ether oxygens (including phenoxy) is 1. The molecule has 1 aliphatic carbocycles. The van der Waals surface area contributed by atoms with E-state index in [9.17, 15) is 5.11 Å². The second kappa shape index (κ2) is 6.80. The standard InChI is InChI=1S/C18H29NO2/c1-5-19-18(12-20)9-8-15(11-18)21-17-10-14(4)6-7-16(17)13(2)3/h6-7,10,13,15,19-20H,5,8-9,11-12H2,1-4H3. The Morgan fingerprint density at radius 3 is 2.81 bits per heavy atom. The third kappa shape index (κ3) is 3.78. The predicted molar refractivity (Wildman–Crippen MR) is 87.0 cm³/mol. The number of nitrogens with one attached hydrogen (secondary N) is 1. The Labute approximate surface area is 128 Å². The van der Waals surface area contributed by atoms with Crippen molar-refractivity contribution in [2.45, 2.75) is 64.5 Å². The van der Waals surface area contributed by atoms with Crippen LogP contribution in [0, 0.1) is 6.92 Å². The Hall–Kier alpha value is -1.06. The van der Waals surface area contributed by atoms with E-state index >= 15 is 0 Å². The van der Waals surface area contributed by atoms with Gasteiger partial charge in [0.15, 0.2) is 0 Å². The van der Waals surface area contributed by atoms with E-state index in [0.29, 0.717) is 5.92 Å². The SMILES string of the molecule is CCNC1(CO)CCC(Oc2cc(C)ccc2C(C)C)C1. The average Bonchev–Trinajstić information content (AvgIpc) is 2.83. The van der Waals surface area contributed by atoms with Crippen LogP contribution in [-0.2, 0) is 0 Å². The maximum Gasteiger partial charge on any atom is 0.123 e. The third-order valence-corrected chi connectivity index (χ3v) is 4.50. The van der Waals surface area contributed by atoms with Crippen molar-refractivity contribution in [2.24, 2.45) is 0 Å². The van der Waals surface area contributed by atoms with Crippen molar-refractivity contribution in [3.8, 4) is 5.75 Å². The van der Waals surface area contributed by atoms with Crippen LogP contribution in [0.5, 0.6) is 5.75 Å². The maximum atomic E-state index is 9.70. The normalized spacial score (nSPS) is 25.5. The smallest absolute Gasteiger partial charge is 0.123 e. The van der Waals surface area contributed by atoms with Gasteiger partial charge in [0.25, 0.3) is 0 Å². The number of hydrogen-bond acceptors (Lipinski definition) is 3. The van der Waals surface area contributed by atoms with Crippen LogP contribution in [0.3, 0.4) is 0 Å². The second-order valence-corrected chi connectivity index (χ2v) is 6.65. The Balaban J connectivity index is 2.11. The van der Waals surface area contributed by atoms with Gasteiger partial charge in [-0.05, 0) is 49.4 Å². The van der Waals surface area contributed by atoms with Gasteiger partial charge in [-0.3, -0.25) is 0 Å². The third-order valence-electron chi connectivity index (χ3n) is 4.50. The molecule has 0 aliphatic heterocycles. The predicted octanol–water partition coefficient (Wildman–Crippen LogP) is 3.39. The molecule has 1 aliphatic rings. The molecule has 0 bridgehead atoms. The monoisotopic (exact) mass is 291 g/mol. The van der Waals surface area contributed by atoms with Crippen molar-refractivity contribution in [2.75, 3.05) is 13.2 Å². The summed E-state index contributed by atoms with van der Waals surface area (Å²) in [6.45, 7) is 9.65. The molecule has 118 valence electrons. The van der Waals surface area contributed by atoms with Crippen LogP contribution in [0.25, 0.3) is 0 Å². The molecule has 2 rings (SSSR count). The second-order valence-electron chi connectivity index (χ2n) is 6.65. The molecule has 0 aromatic heterocycles. The molecule has 0 heterocycles. The van der Waals surface area contributed by atoms with Crippen LogP contribution in [0.2, 0.25) is 0 Å². The number of likely N-dealkylation sites (N-methyl/N-ethyl adjacent to an activating group) is 1. The van der Waals surface area contributed by atoms with Crippen molar-refractivity contribution < 1.29 is 9.84 Å². The van der Waals surface area contributed by atoms with E-state index in [0.717, 1.165) is 31.6 Å². The number of benzene rings is 1. The Bertz CT molecular complexity index is 472. The minimum Gasteiger partial charge on any atom is -0.490 e. The lowest BCUT2D eigenvalue weighted by molar-refractivity contribution is 0.141. The molecular weight excluding hydrogens is 262 g/mol. The molecular formula is C18H29NO2. The molecule has 2 N–H and O–H groups in total. The first-order chi connectivity index (χ1) is 9.99. The fraction of sp³-hybridized carbons (Fsp3) is 0.667. The largest absolute Gasteiger partial charge is 0.490 e. The first-order valence-electron chi connectivity index (χ1n) is 8.13. The van der Waals surface area contributed by atoms with E-state index in [-0.39, 0.29) is 18.2 Å². The quantitative estimate of drug-likeness (QED) is 0.844. The molecule has 3 nitrogen and oxygen atoms in total. The molecule has 1 fully saturated rings. The van der Waals surface area contributed by atoms with E-state index in [1.54, 1.807) is 0 Å². The van der Waals surface area contributed by atoms with Crippen molar-refractivity contribution >= 4 is 0 Å². The van der Waals surface area contributed by atoms with E-state index < -0.39 is 0 Å². The zero-order valence-electron chi connectivity index (χ0n) is 13.8. The maximum absolute atomic E-state index is 9.70. The summed E-state index contributed by atoms with van der Waals surface area (Å²) in [6.07, 6.45) is 3.04. The number of hydrogen-bond donors (Lipinski definition) is 2. The summed E-state index contributed by atoms with van der Waals surface area (Å²) in [5.74, 6) is 1.47. The summed E-state index contributed by atoms with van der Waals surface area (Å²) in [4.78, 5) is 0.